The molecule has 0 bridgehead atoms. The first-order valence-electron chi connectivity index (χ1n) is 37.7. The van der Waals surface area contributed by atoms with Gasteiger partial charge in [0, 0.05) is 25.7 Å². The van der Waals surface area contributed by atoms with Crippen molar-refractivity contribution in [2.75, 3.05) is 39.6 Å². The van der Waals surface area contributed by atoms with Crippen molar-refractivity contribution in [2.45, 2.75) is 382 Å². The molecular weight excluding hydrogens is 1210 g/mol. The van der Waals surface area contributed by atoms with Crippen LogP contribution in [0.4, 0.5) is 0 Å². The van der Waals surface area contributed by atoms with Gasteiger partial charge in [-0.2, -0.15) is 0 Å². The second kappa shape index (κ2) is 62.6. The number of phosphoric ester groups is 2. The Labute approximate surface area is 562 Å². The molecule has 0 amide bonds. The number of hydrogen-bond acceptors (Lipinski definition) is 15. The molecule has 0 rings (SSSR count). The van der Waals surface area contributed by atoms with Gasteiger partial charge >= 0.3 is 39.5 Å². The van der Waals surface area contributed by atoms with Gasteiger partial charge in [-0.05, 0) is 49.4 Å². The molecule has 0 aliphatic carbocycles. The van der Waals surface area contributed by atoms with Crippen LogP contribution in [-0.4, -0.2) is 96.7 Å². The molecule has 0 spiro atoms. The van der Waals surface area contributed by atoms with Crippen molar-refractivity contribution in [3.8, 4) is 0 Å². The number of aliphatic hydroxyl groups is 1. The van der Waals surface area contributed by atoms with Crippen molar-refractivity contribution < 1.29 is 80.2 Å². The van der Waals surface area contributed by atoms with E-state index in [1.54, 1.807) is 0 Å². The summed E-state index contributed by atoms with van der Waals surface area (Å²) in [5.74, 6) is 0.837. The van der Waals surface area contributed by atoms with Crippen LogP contribution >= 0.6 is 15.6 Å². The molecule has 5 atom stereocenters. The Morgan fingerprint density at radius 3 is 0.674 bits per heavy atom. The maximum atomic E-state index is 13.0. The number of phosphoric acid groups is 2. The van der Waals surface area contributed by atoms with Crippen molar-refractivity contribution in [1.29, 1.82) is 0 Å². The van der Waals surface area contributed by atoms with Crippen molar-refractivity contribution in [3.63, 3.8) is 0 Å². The fraction of sp³-hybridized carbons (Fsp3) is 0.945. The predicted molar refractivity (Wildman–Crippen MR) is 372 cm³/mol. The van der Waals surface area contributed by atoms with Gasteiger partial charge in [-0.3, -0.25) is 37.3 Å². The van der Waals surface area contributed by atoms with Gasteiger partial charge in [0.15, 0.2) is 12.2 Å². The smallest absolute Gasteiger partial charge is 0.462 e. The van der Waals surface area contributed by atoms with Gasteiger partial charge in [0.05, 0.1) is 26.4 Å². The molecule has 3 unspecified atom stereocenters. The summed E-state index contributed by atoms with van der Waals surface area (Å²) in [4.78, 5) is 72.6. The van der Waals surface area contributed by atoms with Gasteiger partial charge in [-0.25, -0.2) is 9.13 Å². The highest BCUT2D eigenvalue weighted by molar-refractivity contribution is 7.47. The number of ether oxygens (including phenoxy) is 4. The molecule has 546 valence electrons. The molecule has 0 aliphatic heterocycles. The molecule has 0 fully saturated rings. The molecule has 92 heavy (non-hydrogen) atoms. The number of aliphatic hydroxyl groups excluding tert-OH is 1. The normalized spacial score (nSPS) is 14.2. The van der Waals surface area contributed by atoms with Gasteiger partial charge in [-0.1, -0.05) is 312 Å². The van der Waals surface area contributed by atoms with Crippen molar-refractivity contribution in [1.82, 2.24) is 0 Å². The maximum Gasteiger partial charge on any atom is 0.472 e. The third-order valence-corrected chi connectivity index (χ3v) is 18.7. The average molecular weight is 1350 g/mol. The van der Waals surface area contributed by atoms with Crippen molar-refractivity contribution >= 4 is 39.5 Å². The lowest BCUT2D eigenvalue weighted by Crippen LogP contribution is -2.30. The van der Waals surface area contributed by atoms with Crippen LogP contribution in [0, 0.1) is 23.7 Å². The summed E-state index contributed by atoms with van der Waals surface area (Å²) in [5.41, 5.74) is 0. The number of carbonyl (C=O) groups is 4. The Morgan fingerprint density at radius 1 is 0.272 bits per heavy atom. The number of hydrogen-bond donors (Lipinski definition) is 3. The van der Waals surface area contributed by atoms with Crippen LogP contribution in [0.25, 0.3) is 0 Å². The Balaban J connectivity index is 5.20. The zero-order chi connectivity index (χ0) is 68.2. The van der Waals surface area contributed by atoms with E-state index < -0.39 is 97.5 Å². The van der Waals surface area contributed by atoms with Gasteiger partial charge in [0.25, 0.3) is 0 Å². The molecule has 0 aliphatic rings. The monoisotopic (exact) mass is 1350 g/mol. The summed E-state index contributed by atoms with van der Waals surface area (Å²) in [5, 5.41) is 10.6. The zero-order valence-corrected chi connectivity index (χ0v) is 62.0. The van der Waals surface area contributed by atoms with E-state index in [4.69, 9.17) is 37.0 Å². The van der Waals surface area contributed by atoms with E-state index in [-0.39, 0.29) is 25.7 Å². The van der Waals surface area contributed by atoms with E-state index in [0.29, 0.717) is 37.5 Å². The highest BCUT2D eigenvalue weighted by atomic mass is 31.2. The summed E-state index contributed by atoms with van der Waals surface area (Å²) in [6, 6.07) is 0. The molecule has 19 heteroatoms. The van der Waals surface area contributed by atoms with Crippen molar-refractivity contribution in [3.05, 3.63) is 0 Å². The lowest BCUT2D eigenvalue weighted by atomic mass is 10.0. The molecule has 0 aromatic carbocycles. The molecule has 0 aromatic rings. The Kier molecular flexibility index (Phi) is 61.3. The van der Waals surface area contributed by atoms with Gasteiger partial charge in [0.2, 0.25) is 0 Å². The van der Waals surface area contributed by atoms with Gasteiger partial charge < -0.3 is 33.8 Å². The quantitative estimate of drug-likeness (QED) is 0.0222. The van der Waals surface area contributed by atoms with Crippen LogP contribution in [0.1, 0.15) is 364 Å². The number of rotatable bonds is 70. The number of esters is 4. The fourth-order valence-electron chi connectivity index (χ4n) is 11.0. The van der Waals surface area contributed by atoms with E-state index in [2.05, 4.69) is 55.4 Å². The highest BCUT2D eigenvalue weighted by Crippen LogP contribution is 2.45. The molecule has 0 aromatic heterocycles. The Hall–Kier alpha value is -1.94. The summed E-state index contributed by atoms with van der Waals surface area (Å²) in [6.07, 6.45) is 46.1. The van der Waals surface area contributed by atoms with Crippen LogP contribution < -0.4 is 0 Å². The minimum Gasteiger partial charge on any atom is -0.462 e. The van der Waals surface area contributed by atoms with Gasteiger partial charge in [0.1, 0.15) is 19.3 Å². The van der Waals surface area contributed by atoms with E-state index >= 15 is 0 Å². The minimum absolute atomic E-state index is 0.102. The SMILES string of the molecule is CC(C)CCCCCCCCCCCCCCCCCCC(=O)OC[C@H](COP(=O)(O)OCC(O)COP(=O)(O)OC[C@@H](COC(=O)CCCCCCCCCC(C)C)OC(=O)CCCCCCCCCC(C)C)OC(=O)CCCCCCCCCCCCC(C)C. The topological polar surface area (TPSA) is 237 Å². The van der Waals surface area contributed by atoms with E-state index in [0.717, 1.165) is 108 Å². The minimum atomic E-state index is -4.95. The molecule has 0 saturated heterocycles. The highest BCUT2D eigenvalue weighted by Gasteiger charge is 2.30. The maximum absolute atomic E-state index is 13.0. The van der Waals surface area contributed by atoms with Crippen LogP contribution in [0.3, 0.4) is 0 Å². The predicted octanol–water partition coefficient (Wildman–Crippen LogP) is 20.9. The first-order valence-corrected chi connectivity index (χ1v) is 40.7. The largest absolute Gasteiger partial charge is 0.472 e. The fourth-order valence-corrected chi connectivity index (χ4v) is 12.6. The molecule has 3 N–H and O–H groups in total. The second-order valence-electron chi connectivity index (χ2n) is 28.2. The summed E-state index contributed by atoms with van der Waals surface area (Å²) < 4.78 is 68.3. The van der Waals surface area contributed by atoms with Gasteiger partial charge in [-0.15, -0.1) is 0 Å². The molecular formula is C73H142O17P2. The molecule has 0 saturated carbocycles. The van der Waals surface area contributed by atoms with Crippen molar-refractivity contribution in [2.24, 2.45) is 23.7 Å². The standard InChI is InChI=1S/C73H142O17P2/c1-63(2)49-41-33-25-19-15-13-11-9-10-12-14-16-21-29-37-45-53-70(75)83-59-68(89-72(77)55-47-39-30-22-18-17-20-26-34-42-50-64(3)4)61-87-91(79,80)85-57-67(74)58-86-92(81,82)88-62-69(90-73(78)56-48-40-32-24-28-36-44-52-66(7)8)60-84-71(76)54-46-38-31-23-27-35-43-51-65(5)6/h63-69,74H,9-62H2,1-8H3,(H,79,80)(H,81,82)/t67?,68-,69-/m1/s1. The zero-order valence-electron chi connectivity index (χ0n) is 60.2. The lowest BCUT2D eigenvalue weighted by Gasteiger charge is -2.21. The Morgan fingerprint density at radius 2 is 0.457 bits per heavy atom. The first-order chi connectivity index (χ1) is 44.1. The third kappa shape index (κ3) is 66.7. The lowest BCUT2D eigenvalue weighted by molar-refractivity contribution is -0.161. The second-order valence-corrected chi connectivity index (χ2v) is 31.1. The molecule has 0 heterocycles. The average Bonchev–Trinajstić information content (AvgIpc) is 2.54. The van der Waals surface area contributed by atoms with E-state index in [1.165, 1.54) is 161 Å². The summed E-state index contributed by atoms with van der Waals surface area (Å²) >= 11 is 0. The summed E-state index contributed by atoms with van der Waals surface area (Å²) in [6.45, 7) is 14.1. The first kappa shape index (κ1) is 90.1. The summed E-state index contributed by atoms with van der Waals surface area (Å²) in [7, 11) is -9.91. The van der Waals surface area contributed by atoms with Crippen LogP contribution in [0.15, 0.2) is 0 Å². The van der Waals surface area contributed by atoms with Crippen LogP contribution in [0.5, 0.6) is 0 Å². The van der Waals surface area contributed by atoms with E-state index in [9.17, 15) is 43.2 Å². The molecule has 0 radical (unpaired) electrons. The van der Waals surface area contributed by atoms with Crippen LogP contribution in [0.2, 0.25) is 0 Å². The molecule has 17 nitrogen and oxygen atoms in total. The number of carbonyl (C=O) groups excluding carboxylic acids is 4. The third-order valence-electron chi connectivity index (χ3n) is 16.8. The van der Waals surface area contributed by atoms with E-state index in [1.807, 2.05) is 0 Å². The Bertz CT molecular complexity index is 1820. The van der Waals surface area contributed by atoms with Crippen LogP contribution in [-0.2, 0) is 65.4 Å². The number of unbranched alkanes of at least 4 members (excludes halogenated alkanes) is 36.